The van der Waals surface area contributed by atoms with Crippen molar-refractivity contribution in [3.63, 3.8) is 0 Å². The first-order chi connectivity index (χ1) is 7.86. The minimum atomic E-state index is -3.51. The molecule has 2 N–H and O–H groups in total. The second kappa shape index (κ2) is 5.09. The predicted octanol–water partition coefficient (Wildman–Crippen LogP) is 0.788. The van der Waals surface area contributed by atoms with Gasteiger partial charge in [0.25, 0.3) is 0 Å². The highest BCUT2D eigenvalue weighted by Gasteiger charge is 2.12. The number of benzene rings is 1. The highest BCUT2D eigenvalue weighted by Crippen LogP contribution is 2.17. The number of sulfone groups is 1. The van der Waals surface area contributed by atoms with Gasteiger partial charge >= 0.3 is 0 Å². The van der Waals surface area contributed by atoms with E-state index in [2.05, 4.69) is 0 Å². The standard InChI is InChI=1S/C11H16N2O3S/c1-13(2)11(12)8-17(14,15)10-6-4-9(16-3)5-7-10/h4-8H,12H2,1-3H3/b11-8+. The van der Waals surface area contributed by atoms with Crippen LogP contribution >= 0.6 is 0 Å². The number of hydrogen-bond donors (Lipinski definition) is 1. The lowest BCUT2D eigenvalue weighted by Gasteiger charge is -2.11. The molecule has 1 aromatic rings. The summed E-state index contributed by atoms with van der Waals surface area (Å²) in [5.74, 6) is 0.786. The molecule has 0 aliphatic rings. The van der Waals surface area contributed by atoms with E-state index in [0.29, 0.717) is 5.75 Å². The summed E-state index contributed by atoms with van der Waals surface area (Å²) >= 11 is 0. The van der Waals surface area contributed by atoms with Crippen LogP contribution in [0.5, 0.6) is 5.75 Å². The molecule has 94 valence electrons. The van der Waals surface area contributed by atoms with Gasteiger partial charge in [-0.1, -0.05) is 0 Å². The van der Waals surface area contributed by atoms with Crippen LogP contribution in [0.25, 0.3) is 0 Å². The van der Waals surface area contributed by atoms with E-state index < -0.39 is 9.84 Å². The maximum atomic E-state index is 11.9. The third-order valence-corrected chi connectivity index (χ3v) is 3.66. The Morgan fingerprint density at radius 1 is 1.29 bits per heavy atom. The SMILES string of the molecule is COc1ccc(S(=O)(=O)/C=C(\N)N(C)C)cc1. The van der Waals surface area contributed by atoms with E-state index in [0.717, 1.165) is 5.41 Å². The molecule has 0 saturated heterocycles. The van der Waals surface area contributed by atoms with Gasteiger partial charge in [-0.3, -0.25) is 0 Å². The van der Waals surface area contributed by atoms with Crippen LogP contribution < -0.4 is 10.5 Å². The van der Waals surface area contributed by atoms with Crippen molar-refractivity contribution in [1.29, 1.82) is 0 Å². The Morgan fingerprint density at radius 2 is 1.82 bits per heavy atom. The Bertz CT molecular complexity index is 504. The van der Waals surface area contributed by atoms with Crippen molar-refractivity contribution in [2.75, 3.05) is 21.2 Å². The van der Waals surface area contributed by atoms with Crippen molar-refractivity contribution in [1.82, 2.24) is 4.90 Å². The van der Waals surface area contributed by atoms with E-state index in [1.807, 2.05) is 0 Å². The number of nitrogens with zero attached hydrogens (tertiary/aromatic N) is 1. The smallest absolute Gasteiger partial charge is 0.203 e. The van der Waals surface area contributed by atoms with E-state index in [-0.39, 0.29) is 10.7 Å². The molecule has 0 bridgehead atoms. The van der Waals surface area contributed by atoms with Gasteiger partial charge in [0.2, 0.25) is 9.84 Å². The summed E-state index contributed by atoms with van der Waals surface area (Å²) in [5.41, 5.74) is 5.58. The highest BCUT2D eigenvalue weighted by atomic mass is 32.2. The Morgan fingerprint density at radius 3 is 2.24 bits per heavy atom. The fourth-order valence-electron chi connectivity index (χ4n) is 1.10. The second-order valence-corrected chi connectivity index (χ2v) is 5.45. The first-order valence-corrected chi connectivity index (χ1v) is 6.45. The summed E-state index contributed by atoms with van der Waals surface area (Å²) in [6, 6.07) is 6.14. The molecule has 0 atom stereocenters. The van der Waals surface area contributed by atoms with Crippen LogP contribution in [0.3, 0.4) is 0 Å². The van der Waals surface area contributed by atoms with Crippen LogP contribution in [0.2, 0.25) is 0 Å². The van der Waals surface area contributed by atoms with Gasteiger partial charge in [0, 0.05) is 14.1 Å². The summed E-state index contributed by atoms with van der Waals surface area (Å²) in [6.45, 7) is 0. The molecule has 5 nitrogen and oxygen atoms in total. The zero-order valence-electron chi connectivity index (χ0n) is 10.0. The first kappa shape index (κ1) is 13.4. The lowest BCUT2D eigenvalue weighted by molar-refractivity contribution is 0.414. The van der Waals surface area contributed by atoms with E-state index in [1.165, 1.54) is 24.1 Å². The Balaban J connectivity index is 3.09. The molecule has 1 aromatic carbocycles. The zero-order valence-corrected chi connectivity index (χ0v) is 10.9. The third kappa shape index (κ3) is 3.39. The van der Waals surface area contributed by atoms with Gasteiger partial charge in [-0.05, 0) is 24.3 Å². The van der Waals surface area contributed by atoms with Gasteiger partial charge in [0.15, 0.2) is 0 Å². The van der Waals surface area contributed by atoms with E-state index in [4.69, 9.17) is 10.5 Å². The van der Waals surface area contributed by atoms with E-state index >= 15 is 0 Å². The topological polar surface area (TPSA) is 72.6 Å². The maximum absolute atomic E-state index is 11.9. The van der Waals surface area contributed by atoms with E-state index in [1.54, 1.807) is 26.2 Å². The molecule has 0 aromatic heterocycles. The fourth-order valence-corrected chi connectivity index (χ4v) is 2.28. The van der Waals surface area contributed by atoms with Crippen LogP contribution in [-0.2, 0) is 9.84 Å². The Kier molecular flexibility index (Phi) is 4.01. The van der Waals surface area contributed by atoms with Gasteiger partial charge in [-0.25, -0.2) is 8.42 Å². The first-order valence-electron chi connectivity index (χ1n) is 4.90. The van der Waals surface area contributed by atoms with Crippen LogP contribution in [0, 0.1) is 0 Å². The third-order valence-electron chi connectivity index (χ3n) is 2.18. The summed E-state index contributed by atoms with van der Waals surface area (Å²) in [4.78, 5) is 1.71. The molecule has 0 spiro atoms. The fraction of sp³-hybridized carbons (Fsp3) is 0.273. The average Bonchev–Trinajstić information content (AvgIpc) is 2.28. The molecule has 0 fully saturated rings. The Labute approximate surface area is 101 Å². The molecule has 0 unspecified atom stereocenters. The number of methoxy groups -OCH3 is 1. The van der Waals surface area contributed by atoms with Gasteiger partial charge in [0.1, 0.15) is 11.6 Å². The molecule has 1 rings (SSSR count). The Hall–Kier alpha value is -1.69. The minimum absolute atomic E-state index is 0.181. The van der Waals surface area contributed by atoms with Gasteiger partial charge in [-0.2, -0.15) is 0 Å². The largest absolute Gasteiger partial charge is 0.497 e. The lowest BCUT2D eigenvalue weighted by atomic mass is 10.3. The number of rotatable bonds is 4. The zero-order chi connectivity index (χ0) is 13.1. The van der Waals surface area contributed by atoms with Crippen molar-refractivity contribution in [2.24, 2.45) is 5.73 Å². The van der Waals surface area contributed by atoms with Crippen LogP contribution in [0.4, 0.5) is 0 Å². The lowest BCUT2D eigenvalue weighted by Crippen LogP contribution is -2.19. The summed E-state index contributed by atoms with van der Waals surface area (Å²) in [5, 5.41) is 1.04. The predicted molar refractivity (Wildman–Crippen MR) is 66.1 cm³/mol. The molecule has 6 heteroatoms. The quantitative estimate of drug-likeness (QED) is 0.862. The molecule has 0 radical (unpaired) electrons. The minimum Gasteiger partial charge on any atom is -0.497 e. The van der Waals surface area contributed by atoms with Crippen molar-refractivity contribution in [3.05, 3.63) is 35.5 Å². The van der Waals surface area contributed by atoms with Crippen molar-refractivity contribution >= 4 is 9.84 Å². The normalized spacial score (nSPS) is 12.3. The molecule has 0 amide bonds. The molecule has 0 heterocycles. The van der Waals surface area contributed by atoms with E-state index in [9.17, 15) is 8.42 Å². The van der Waals surface area contributed by atoms with Gasteiger partial charge < -0.3 is 15.4 Å². The molecule has 0 saturated carbocycles. The van der Waals surface area contributed by atoms with Crippen molar-refractivity contribution < 1.29 is 13.2 Å². The van der Waals surface area contributed by atoms with Gasteiger partial charge in [-0.15, -0.1) is 0 Å². The average molecular weight is 256 g/mol. The molecule has 0 aliphatic carbocycles. The molecule has 0 aliphatic heterocycles. The molecule has 17 heavy (non-hydrogen) atoms. The van der Waals surface area contributed by atoms with Crippen LogP contribution in [-0.4, -0.2) is 34.5 Å². The number of nitrogens with two attached hydrogens (primary N) is 1. The van der Waals surface area contributed by atoms with Crippen molar-refractivity contribution in [3.8, 4) is 5.75 Å². The molecular formula is C11H16N2O3S. The summed E-state index contributed by atoms with van der Waals surface area (Å²) < 4.78 is 28.8. The second-order valence-electron chi connectivity index (χ2n) is 3.66. The number of hydrogen-bond acceptors (Lipinski definition) is 5. The number of ether oxygens (including phenoxy) is 1. The highest BCUT2D eigenvalue weighted by molar-refractivity contribution is 7.94. The monoisotopic (exact) mass is 256 g/mol. The molecular weight excluding hydrogens is 240 g/mol. The summed E-state index contributed by atoms with van der Waals surface area (Å²) in [6.07, 6.45) is 0. The van der Waals surface area contributed by atoms with Crippen molar-refractivity contribution in [2.45, 2.75) is 4.90 Å². The van der Waals surface area contributed by atoms with Crippen LogP contribution in [0.1, 0.15) is 0 Å². The van der Waals surface area contributed by atoms with Gasteiger partial charge in [0.05, 0.1) is 17.4 Å². The maximum Gasteiger partial charge on any atom is 0.203 e. The van der Waals surface area contributed by atoms with Crippen LogP contribution in [0.15, 0.2) is 40.4 Å². The summed E-state index contributed by atoms with van der Waals surface area (Å²) in [7, 11) is 1.36.